The minimum Gasteiger partial charge on any atom is -0.287 e. The minimum absolute atomic E-state index is 0.149. The second kappa shape index (κ2) is 24.6. The van der Waals surface area contributed by atoms with Crippen molar-refractivity contribution in [2.75, 3.05) is 10.9 Å². The van der Waals surface area contributed by atoms with Crippen molar-refractivity contribution >= 4 is 11.4 Å². The first-order valence-corrected chi connectivity index (χ1v) is 19.2. The van der Waals surface area contributed by atoms with Gasteiger partial charge in [0.1, 0.15) is 5.36 Å². The Balaban J connectivity index is 1.40. The molecular formula is C42H62N4O2. The van der Waals surface area contributed by atoms with Crippen LogP contribution in [-0.2, 0) is 12.8 Å². The zero-order valence-electron chi connectivity index (χ0n) is 30.0. The number of benzene rings is 3. The molecule has 0 fully saturated rings. The van der Waals surface area contributed by atoms with E-state index in [1.807, 2.05) is 24.3 Å². The van der Waals surface area contributed by atoms with Gasteiger partial charge in [0, 0.05) is 0 Å². The van der Waals surface area contributed by atoms with Crippen LogP contribution in [0.4, 0.5) is 11.4 Å². The van der Waals surface area contributed by atoms with Gasteiger partial charge in [-0.3, -0.25) is 20.4 Å². The van der Waals surface area contributed by atoms with Crippen LogP contribution < -0.4 is 32.4 Å². The van der Waals surface area contributed by atoms with E-state index in [2.05, 4.69) is 59.2 Å². The lowest BCUT2D eigenvalue weighted by Crippen LogP contribution is -2.47. The van der Waals surface area contributed by atoms with Crippen molar-refractivity contribution in [2.24, 2.45) is 10.2 Å². The molecule has 0 saturated carbocycles. The Bertz CT molecular complexity index is 1490. The van der Waals surface area contributed by atoms with Crippen LogP contribution in [0.3, 0.4) is 0 Å². The number of rotatable bonds is 26. The summed E-state index contributed by atoms with van der Waals surface area (Å²) < 4.78 is 0. The van der Waals surface area contributed by atoms with E-state index >= 15 is 0 Å². The first-order valence-electron chi connectivity index (χ1n) is 19.2. The summed E-state index contributed by atoms with van der Waals surface area (Å²) in [4.78, 5) is 25.5. The summed E-state index contributed by atoms with van der Waals surface area (Å²) in [6.07, 6.45) is 28.8. The summed E-state index contributed by atoms with van der Waals surface area (Å²) in [5, 5.41) is 8.42. The molecule has 0 amide bonds. The van der Waals surface area contributed by atoms with Gasteiger partial charge in [-0.05, 0) is 73.2 Å². The number of aryl methyl sites for hydroxylation is 2. The van der Waals surface area contributed by atoms with E-state index in [1.165, 1.54) is 152 Å². The summed E-state index contributed by atoms with van der Waals surface area (Å²) in [6, 6.07) is 19.0. The highest BCUT2D eigenvalue weighted by Crippen LogP contribution is 2.16. The first kappa shape index (κ1) is 38.9. The molecule has 0 bridgehead atoms. The maximum absolute atomic E-state index is 13.0. The monoisotopic (exact) mass is 654 g/mol. The fraction of sp³-hybridized carbons (Fsp3) is 0.571. The van der Waals surface area contributed by atoms with Gasteiger partial charge in [-0.2, -0.15) is 10.2 Å². The van der Waals surface area contributed by atoms with Gasteiger partial charge in [0.2, 0.25) is 10.9 Å². The van der Waals surface area contributed by atoms with Crippen LogP contribution in [0, 0.1) is 0 Å². The molecule has 0 spiro atoms. The number of nitrogens with one attached hydrogen (secondary N) is 2. The minimum atomic E-state index is -0.502. The fourth-order valence-electron chi connectivity index (χ4n) is 6.11. The molecule has 3 rings (SSSR count). The molecule has 0 aliphatic heterocycles. The van der Waals surface area contributed by atoms with E-state index in [1.54, 1.807) is 0 Å². The van der Waals surface area contributed by atoms with Crippen LogP contribution in [0.15, 0.2) is 80.5 Å². The third kappa shape index (κ3) is 16.0. The molecule has 0 aliphatic rings. The summed E-state index contributed by atoms with van der Waals surface area (Å²) >= 11 is 0. The number of unbranched alkanes of at least 4 members (excludes halogenated alkanes) is 18. The smallest absolute Gasteiger partial charge is 0.237 e. The molecule has 0 radical (unpaired) electrons. The second-order valence-electron chi connectivity index (χ2n) is 13.5. The standard InChI is InChI=1S/C42H62N4O2/c1-3-5-7-9-11-13-15-17-19-21-23-35-25-29-37(30-26-35)43-45-39-33-34-40(47)41(42(39)48)46-44-38-31-27-36(28-32-38)24-22-20-18-16-14-12-10-8-6-4-2/h25-34,43-44H,3-24H2,1-2H3. The van der Waals surface area contributed by atoms with E-state index < -0.39 is 10.9 Å². The highest BCUT2D eigenvalue weighted by Gasteiger charge is 2.03. The van der Waals surface area contributed by atoms with Gasteiger partial charge in [0.15, 0.2) is 5.36 Å². The summed E-state index contributed by atoms with van der Waals surface area (Å²) in [5.74, 6) is 0. The quantitative estimate of drug-likeness (QED) is 0.0667. The molecule has 262 valence electrons. The Hall–Kier alpha value is -3.54. The van der Waals surface area contributed by atoms with Crippen LogP contribution in [0.1, 0.15) is 153 Å². The van der Waals surface area contributed by atoms with Crippen molar-refractivity contribution in [3.8, 4) is 0 Å². The molecule has 6 nitrogen and oxygen atoms in total. The Kier molecular flexibility index (Phi) is 19.9. The van der Waals surface area contributed by atoms with Gasteiger partial charge in [-0.1, -0.05) is 154 Å². The Morgan fingerprint density at radius 3 is 1.23 bits per heavy atom. The Morgan fingerprint density at radius 2 is 0.812 bits per heavy atom. The van der Waals surface area contributed by atoms with Gasteiger partial charge < -0.3 is 0 Å². The third-order valence-corrected chi connectivity index (χ3v) is 9.22. The van der Waals surface area contributed by atoms with Crippen LogP contribution in [0.2, 0.25) is 0 Å². The summed E-state index contributed by atoms with van der Waals surface area (Å²) in [6.45, 7) is 4.53. The maximum atomic E-state index is 13.0. The van der Waals surface area contributed by atoms with Crippen molar-refractivity contribution in [3.05, 3.63) is 103 Å². The fourth-order valence-corrected chi connectivity index (χ4v) is 6.11. The SMILES string of the molecule is CCCCCCCCCCCCc1ccc(NN=c2ccc(=O)c(=NNc3ccc(CCCCCCCCCCCC)cc3)c2=O)cc1. The van der Waals surface area contributed by atoms with E-state index in [9.17, 15) is 9.59 Å². The number of anilines is 2. The highest BCUT2D eigenvalue weighted by molar-refractivity contribution is 5.44. The van der Waals surface area contributed by atoms with Gasteiger partial charge in [-0.25, -0.2) is 0 Å². The Labute approximate surface area is 289 Å². The predicted octanol–water partition coefficient (Wildman–Crippen LogP) is 10.1. The molecule has 0 aromatic heterocycles. The van der Waals surface area contributed by atoms with Gasteiger partial charge >= 0.3 is 0 Å². The number of hydrogen-bond acceptors (Lipinski definition) is 6. The highest BCUT2D eigenvalue weighted by atomic mass is 16.1. The third-order valence-electron chi connectivity index (χ3n) is 9.22. The summed E-state index contributed by atoms with van der Waals surface area (Å²) in [5.41, 5.74) is 9.04. The largest absolute Gasteiger partial charge is 0.287 e. The molecule has 48 heavy (non-hydrogen) atoms. The topological polar surface area (TPSA) is 82.9 Å². The predicted molar refractivity (Wildman–Crippen MR) is 204 cm³/mol. The molecule has 2 N–H and O–H groups in total. The molecule has 0 heterocycles. The second-order valence-corrected chi connectivity index (χ2v) is 13.5. The molecule has 3 aromatic rings. The average molecular weight is 655 g/mol. The van der Waals surface area contributed by atoms with Gasteiger partial charge in [0.05, 0.1) is 11.4 Å². The van der Waals surface area contributed by atoms with Crippen molar-refractivity contribution < 1.29 is 0 Å². The van der Waals surface area contributed by atoms with E-state index in [0.717, 1.165) is 24.2 Å². The van der Waals surface area contributed by atoms with E-state index in [0.29, 0.717) is 0 Å². The summed E-state index contributed by atoms with van der Waals surface area (Å²) in [7, 11) is 0. The van der Waals surface area contributed by atoms with E-state index in [-0.39, 0.29) is 10.7 Å². The zero-order valence-corrected chi connectivity index (χ0v) is 30.0. The first-order chi connectivity index (χ1) is 23.6. The molecule has 6 heteroatoms. The molecule has 0 saturated heterocycles. The lowest BCUT2D eigenvalue weighted by Gasteiger charge is -2.05. The van der Waals surface area contributed by atoms with Crippen LogP contribution in [0.5, 0.6) is 0 Å². The molecule has 0 unspecified atom stereocenters. The number of nitrogens with zero attached hydrogens (tertiary/aromatic N) is 2. The van der Waals surface area contributed by atoms with Crippen molar-refractivity contribution in [2.45, 2.75) is 155 Å². The lowest BCUT2D eigenvalue weighted by molar-refractivity contribution is 0.556. The Morgan fingerprint density at radius 1 is 0.438 bits per heavy atom. The molecular weight excluding hydrogens is 592 g/mol. The van der Waals surface area contributed by atoms with Crippen molar-refractivity contribution in [3.63, 3.8) is 0 Å². The molecule has 0 aliphatic carbocycles. The normalized spacial score (nSPS) is 12.1. The van der Waals surface area contributed by atoms with Crippen LogP contribution in [-0.4, -0.2) is 0 Å². The average Bonchev–Trinajstić information content (AvgIpc) is 3.10. The lowest BCUT2D eigenvalue weighted by atomic mass is 10.0. The zero-order chi connectivity index (χ0) is 34.1. The van der Waals surface area contributed by atoms with Crippen LogP contribution in [0.25, 0.3) is 0 Å². The number of hydrogen-bond donors (Lipinski definition) is 2. The molecule has 3 aromatic carbocycles. The van der Waals surface area contributed by atoms with Crippen molar-refractivity contribution in [1.29, 1.82) is 0 Å². The molecule has 0 atom stereocenters. The van der Waals surface area contributed by atoms with Gasteiger partial charge in [0.25, 0.3) is 0 Å². The van der Waals surface area contributed by atoms with Crippen molar-refractivity contribution in [1.82, 2.24) is 0 Å². The van der Waals surface area contributed by atoms with E-state index in [4.69, 9.17) is 0 Å². The van der Waals surface area contributed by atoms with Crippen LogP contribution >= 0.6 is 0 Å². The maximum Gasteiger partial charge on any atom is 0.237 e. The van der Waals surface area contributed by atoms with Gasteiger partial charge in [-0.15, -0.1) is 0 Å².